The summed E-state index contributed by atoms with van der Waals surface area (Å²) in [4.78, 5) is 30.7. The number of furan rings is 1. The van der Waals surface area contributed by atoms with Crippen LogP contribution in [0.25, 0.3) is 22.3 Å². The van der Waals surface area contributed by atoms with Gasteiger partial charge in [0.05, 0.1) is 23.7 Å². The lowest BCUT2D eigenvalue weighted by molar-refractivity contribution is 0.174. The van der Waals surface area contributed by atoms with Gasteiger partial charge < -0.3 is 18.4 Å². The molecule has 0 amide bonds. The highest BCUT2D eigenvalue weighted by Gasteiger charge is 2.19. The van der Waals surface area contributed by atoms with Gasteiger partial charge in [0.2, 0.25) is 18.5 Å². The SMILES string of the molecule is O=c1c2ccccc2n(Cc2nc(-c3ccc4c(c3)OCO4)no2)c(=O)n1Cc1ccco1. The predicted molar refractivity (Wildman–Crippen MR) is 115 cm³/mol. The van der Waals surface area contributed by atoms with E-state index in [4.69, 9.17) is 18.4 Å². The van der Waals surface area contributed by atoms with Crippen molar-refractivity contribution in [3.63, 3.8) is 0 Å². The lowest BCUT2D eigenvalue weighted by Gasteiger charge is -2.12. The molecule has 2 aromatic carbocycles. The van der Waals surface area contributed by atoms with Crippen LogP contribution >= 0.6 is 0 Å². The third-order valence-electron chi connectivity index (χ3n) is 5.42. The fraction of sp³-hybridized carbons (Fsp3) is 0.130. The van der Waals surface area contributed by atoms with E-state index in [0.29, 0.717) is 39.6 Å². The van der Waals surface area contributed by atoms with Crippen LogP contribution in [0.3, 0.4) is 0 Å². The zero-order valence-corrected chi connectivity index (χ0v) is 17.1. The summed E-state index contributed by atoms with van der Waals surface area (Å²) in [5, 5.41) is 4.44. The molecule has 0 radical (unpaired) electrons. The number of hydrogen-bond donors (Lipinski definition) is 0. The first-order chi connectivity index (χ1) is 16.2. The van der Waals surface area contributed by atoms with Crippen LogP contribution in [0.15, 0.2) is 79.4 Å². The highest BCUT2D eigenvalue weighted by Crippen LogP contribution is 2.35. The maximum absolute atomic E-state index is 13.3. The Labute approximate surface area is 185 Å². The Morgan fingerprint density at radius 3 is 2.67 bits per heavy atom. The molecule has 0 bridgehead atoms. The lowest BCUT2D eigenvalue weighted by atomic mass is 10.2. The second kappa shape index (κ2) is 7.52. The van der Waals surface area contributed by atoms with Crippen LogP contribution < -0.4 is 20.7 Å². The summed E-state index contributed by atoms with van der Waals surface area (Å²) >= 11 is 0. The molecule has 10 nitrogen and oxygen atoms in total. The molecule has 0 fully saturated rings. The minimum atomic E-state index is -0.502. The molecule has 0 saturated carbocycles. The lowest BCUT2D eigenvalue weighted by Crippen LogP contribution is -2.40. The van der Waals surface area contributed by atoms with Crippen molar-refractivity contribution >= 4 is 10.9 Å². The topological polar surface area (TPSA) is 115 Å². The van der Waals surface area contributed by atoms with Crippen molar-refractivity contribution in [2.24, 2.45) is 0 Å². The zero-order chi connectivity index (χ0) is 22.4. The molecule has 0 spiro atoms. The fourth-order valence-corrected chi connectivity index (χ4v) is 3.83. The number of aromatic nitrogens is 4. The van der Waals surface area contributed by atoms with E-state index >= 15 is 0 Å². The van der Waals surface area contributed by atoms with Gasteiger partial charge in [-0.25, -0.2) is 4.79 Å². The van der Waals surface area contributed by atoms with Gasteiger partial charge in [0.25, 0.3) is 5.56 Å². The molecule has 33 heavy (non-hydrogen) atoms. The Hall–Kier alpha value is -4.60. The number of fused-ring (bicyclic) bond motifs is 2. The fourth-order valence-electron chi connectivity index (χ4n) is 3.83. The predicted octanol–water partition coefficient (Wildman–Crippen LogP) is 2.63. The van der Waals surface area contributed by atoms with Crippen molar-refractivity contribution in [2.45, 2.75) is 13.1 Å². The molecule has 0 unspecified atom stereocenters. The van der Waals surface area contributed by atoms with E-state index in [1.54, 1.807) is 54.6 Å². The number of nitrogens with zero attached hydrogens (tertiary/aromatic N) is 4. The van der Waals surface area contributed by atoms with Gasteiger partial charge in [-0.15, -0.1) is 0 Å². The van der Waals surface area contributed by atoms with Gasteiger partial charge in [-0.1, -0.05) is 17.3 Å². The molecule has 0 saturated heterocycles. The van der Waals surface area contributed by atoms with Gasteiger partial charge in [-0.05, 0) is 42.5 Å². The third kappa shape index (κ3) is 3.28. The maximum Gasteiger partial charge on any atom is 0.332 e. The summed E-state index contributed by atoms with van der Waals surface area (Å²) in [6, 6.07) is 15.7. The minimum Gasteiger partial charge on any atom is -0.467 e. The summed E-state index contributed by atoms with van der Waals surface area (Å²) in [5.41, 5.74) is 0.271. The molecular formula is C23H16N4O6. The van der Waals surface area contributed by atoms with Crippen molar-refractivity contribution in [1.29, 1.82) is 0 Å². The van der Waals surface area contributed by atoms with Crippen molar-refractivity contribution in [2.75, 3.05) is 6.79 Å². The van der Waals surface area contributed by atoms with Crippen LogP contribution in [0.4, 0.5) is 0 Å². The average molecular weight is 444 g/mol. The van der Waals surface area contributed by atoms with Crippen LogP contribution in [-0.4, -0.2) is 26.1 Å². The smallest absolute Gasteiger partial charge is 0.332 e. The summed E-state index contributed by atoms with van der Waals surface area (Å²) in [6.07, 6.45) is 1.50. The van der Waals surface area contributed by atoms with Crippen molar-refractivity contribution in [1.82, 2.24) is 19.3 Å². The maximum atomic E-state index is 13.3. The Morgan fingerprint density at radius 1 is 0.909 bits per heavy atom. The Balaban J connectivity index is 1.41. The van der Waals surface area contributed by atoms with Crippen molar-refractivity contribution < 1.29 is 18.4 Å². The summed E-state index contributed by atoms with van der Waals surface area (Å²) in [6.45, 7) is 0.178. The highest BCUT2D eigenvalue weighted by molar-refractivity contribution is 5.77. The molecule has 1 aliphatic heterocycles. The summed E-state index contributed by atoms with van der Waals surface area (Å²) in [5.74, 6) is 2.33. The molecule has 0 aliphatic carbocycles. The summed E-state index contributed by atoms with van der Waals surface area (Å²) < 4.78 is 24.1. The molecule has 5 aromatic rings. The molecule has 6 rings (SSSR count). The average Bonchev–Trinajstić information content (AvgIpc) is 3.61. The van der Waals surface area contributed by atoms with Gasteiger partial charge in [0.1, 0.15) is 12.3 Å². The van der Waals surface area contributed by atoms with Gasteiger partial charge in [-0.3, -0.25) is 13.9 Å². The number of para-hydroxylation sites is 1. The quantitative estimate of drug-likeness (QED) is 0.406. The number of benzene rings is 2. The normalized spacial score (nSPS) is 12.5. The Bertz CT molecular complexity index is 1600. The van der Waals surface area contributed by atoms with Gasteiger partial charge in [-0.2, -0.15) is 4.98 Å². The first-order valence-electron chi connectivity index (χ1n) is 10.1. The zero-order valence-electron chi connectivity index (χ0n) is 17.1. The molecule has 3 aromatic heterocycles. The largest absolute Gasteiger partial charge is 0.467 e. The first kappa shape index (κ1) is 19.1. The van der Waals surface area contributed by atoms with Crippen LogP contribution in [0, 0.1) is 0 Å². The molecule has 0 N–H and O–H groups in total. The molecule has 1 aliphatic rings. The van der Waals surface area contributed by atoms with E-state index in [1.165, 1.54) is 10.8 Å². The van der Waals surface area contributed by atoms with E-state index in [9.17, 15) is 9.59 Å². The second-order valence-electron chi connectivity index (χ2n) is 7.44. The number of ether oxygens (including phenoxy) is 2. The van der Waals surface area contributed by atoms with Crippen LogP contribution in [0.1, 0.15) is 11.7 Å². The van der Waals surface area contributed by atoms with E-state index in [-0.39, 0.29) is 25.8 Å². The van der Waals surface area contributed by atoms with E-state index in [2.05, 4.69) is 10.1 Å². The standard InChI is InChI=1S/C23H16N4O6/c28-22-16-5-1-2-6-17(16)26(23(29)27(22)11-15-4-3-9-30-15)12-20-24-21(25-33-20)14-7-8-18-19(10-14)32-13-31-18/h1-10H,11-13H2. The minimum absolute atomic E-state index is 0.00463. The highest BCUT2D eigenvalue weighted by atomic mass is 16.7. The molecule has 0 atom stereocenters. The van der Waals surface area contributed by atoms with Crippen LogP contribution in [-0.2, 0) is 13.1 Å². The van der Waals surface area contributed by atoms with E-state index in [1.807, 2.05) is 0 Å². The van der Waals surface area contributed by atoms with Crippen molar-refractivity contribution in [3.05, 3.63) is 93.3 Å². The monoisotopic (exact) mass is 444 g/mol. The van der Waals surface area contributed by atoms with Gasteiger partial charge >= 0.3 is 5.69 Å². The van der Waals surface area contributed by atoms with E-state index < -0.39 is 11.2 Å². The van der Waals surface area contributed by atoms with Gasteiger partial charge in [0.15, 0.2) is 11.5 Å². The number of hydrogen-bond acceptors (Lipinski definition) is 8. The van der Waals surface area contributed by atoms with Gasteiger partial charge in [0, 0.05) is 5.56 Å². The van der Waals surface area contributed by atoms with Crippen LogP contribution in [0.2, 0.25) is 0 Å². The Kier molecular flexibility index (Phi) is 4.35. The molecule has 164 valence electrons. The molecule has 10 heteroatoms. The first-order valence-corrected chi connectivity index (χ1v) is 10.1. The van der Waals surface area contributed by atoms with Crippen molar-refractivity contribution in [3.8, 4) is 22.9 Å². The third-order valence-corrected chi connectivity index (χ3v) is 5.42. The van der Waals surface area contributed by atoms with E-state index in [0.717, 1.165) is 4.57 Å². The van der Waals surface area contributed by atoms with Crippen LogP contribution in [0.5, 0.6) is 11.5 Å². The molecule has 4 heterocycles. The molecular weight excluding hydrogens is 428 g/mol. The summed E-state index contributed by atoms with van der Waals surface area (Å²) in [7, 11) is 0. The Morgan fingerprint density at radius 2 is 1.79 bits per heavy atom. The second-order valence-corrected chi connectivity index (χ2v) is 7.44. The number of rotatable bonds is 5.